The molecule has 10 atom stereocenters. The van der Waals surface area contributed by atoms with Gasteiger partial charge in [-0.2, -0.15) is 0 Å². The molecule has 2 saturated heterocycles. The average molecular weight is 597 g/mol. The van der Waals surface area contributed by atoms with Gasteiger partial charge in [-0.05, 0) is 35.9 Å². The fourth-order valence-electron chi connectivity index (χ4n) is 4.85. The first-order valence-electron chi connectivity index (χ1n) is 12.7. The van der Waals surface area contributed by atoms with Crippen LogP contribution in [0.5, 0.6) is 23.0 Å². The number of ether oxygens (including phenoxy) is 3. The van der Waals surface area contributed by atoms with E-state index in [1.807, 2.05) is 0 Å². The highest BCUT2D eigenvalue weighted by Crippen LogP contribution is 2.41. The molecule has 2 fully saturated rings. The van der Waals surface area contributed by atoms with Gasteiger partial charge in [0.05, 0.1) is 18.8 Å². The molecule has 0 amide bonds. The molecule has 2 aliphatic rings. The maximum atomic E-state index is 12.7. The van der Waals surface area contributed by atoms with Crippen molar-refractivity contribution in [3.8, 4) is 23.0 Å². The summed E-state index contributed by atoms with van der Waals surface area (Å²) in [7, 11) is 0. The minimum absolute atomic E-state index is 0.225. The van der Waals surface area contributed by atoms with Gasteiger partial charge in [-0.25, -0.2) is 0 Å². The summed E-state index contributed by atoms with van der Waals surface area (Å²) in [6, 6.07) is 7.02. The van der Waals surface area contributed by atoms with Gasteiger partial charge in [0.15, 0.2) is 29.5 Å². The van der Waals surface area contributed by atoms with Crippen molar-refractivity contribution >= 4 is 11.9 Å². The fourth-order valence-corrected chi connectivity index (χ4v) is 4.85. The molecule has 2 heterocycles. The Balaban J connectivity index is 1.68. The van der Waals surface area contributed by atoms with Crippen molar-refractivity contribution in [1.82, 2.24) is 0 Å². The summed E-state index contributed by atoms with van der Waals surface area (Å²) in [5, 5.41) is 112. The van der Waals surface area contributed by atoms with Gasteiger partial charge < -0.3 is 70.4 Å². The molecule has 2 aliphatic heterocycles. The Hall–Kier alpha value is -3.35. The predicted molar refractivity (Wildman–Crippen MR) is 138 cm³/mol. The van der Waals surface area contributed by atoms with Crippen LogP contribution in [0.25, 0.3) is 6.08 Å². The molecule has 2 aromatic carbocycles. The molecule has 0 radical (unpaired) electrons. The van der Waals surface area contributed by atoms with E-state index in [-0.39, 0.29) is 17.1 Å². The largest absolute Gasteiger partial charge is 0.507 e. The summed E-state index contributed by atoms with van der Waals surface area (Å²) >= 11 is 0. The highest BCUT2D eigenvalue weighted by atomic mass is 16.7. The van der Waals surface area contributed by atoms with Gasteiger partial charge in [-0.1, -0.05) is 12.1 Å². The van der Waals surface area contributed by atoms with Crippen molar-refractivity contribution in [2.45, 2.75) is 60.7 Å². The Morgan fingerprint density at radius 1 is 0.786 bits per heavy atom. The minimum Gasteiger partial charge on any atom is -0.507 e. The molecule has 42 heavy (non-hydrogen) atoms. The first-order valence-corrected chi connectivity index (χ1v) is 12.7. The van der Waals surface area contributed by atoms with Crippen LogP contribution in [-0.4, -0.2) is 136 Å². The molecule has 2 aromatic rings. The molecule has 0 saturated carbocycles. The number of hydrogen-bond donors (Lipinski definition) is 11. The number of carbonyl (C=O) groups is 1. The zero-order valence-electron chi connectivity index (χ0n) is 21.8. The zero-order valence-corrected chi connectivity index (χ0v) is 21.8. The summed E-state index contributed by atoms with van der Waals surface area (Å²) in [6.07, 6.45) is -14.7. The van der Waals surface area contributed by atoms with E-state index in [9.17, 15) is 61.0 Å². The molecule has 0 aliphatic carbocycles. The van der Waals surface area contributed by atoms with E-state index in [1.165, 1.54) is 24.3 Å². The van der Waals surface area contributed by atoms with Crippen LogP contribution in [0.1, 0.15) is 15.9 Å². The standard InChI is InChI=1S/C27H32O15/c28-9-18-20(34)22(36)24(38)26(40-18)27(25(39)23(37)21(35)19(10-29)42-27)41-12-3-4-13(16(32)8-12)14(30)5-1-11-2-6-15(31)17(33)7-11/h1-8,18-26,28-29,31-39H,9-10H2/t18-,19-,20+,21-,22+,23-,24-,25-,26-,27+/m0/s1. The zero-order chi connectivity index (χ0) is 30.9. The Bertz CT molecular complexity index is 1300. The van der Waals surface area contributed by atoms with Crippen LogP contribution in [0, 0.1) is 0 Å². The lowest BCUT2D eigenvalue weighted by molar-refractivity contribution is -0.396. The summed E-state index contributed by atoms with van der Waals surface area (Å²) < 4.78 is 17.0. The summed E-state index contributed by atoms with van der Waals surface area (Å²) in [6.45, 7) is -1.78. The quantitative estimate of drug-likeness (QED) is 0.0828. The number of rotatable bonds is 8. The first kappa shape index (κ1) is 31.6. The van der Waals surface area contributed by atoms with E-state index in [2.05, 4.69) is 0 Å². The second kappa shape index (κ2) is 12.5. The number of allylic oxidation sites excluding steroid dienone is 1. The van der Waals surface area contributed by atoms with E-state index >= 15 is 0 Å². The molecule has 0 bridgehead atoms. The lowest BCUT2D eigenvalue weighted by Crippen LogP contribution is -2.77. The van der Waals surface area contributed by atoms with E-state index in [0.29, 0.717) is 5.56 Å². The Morgan fingerprint density at radius 2 is 1.45 bits per heavy atom. The Kier molecular flexibility index (Phi) is 9.39. The van der Waals surface area contributed by atoms with Crippen molar-refractivity contribution in [2.24, 2.45) is 0 Å². The minimum atomic E-state index is -2.72. The van der Waals surface area contributed by atoms with Crippen molar-refractivity contribution in [1.29, 1.82) is 0 Å². The Morgan fingerprint density at radius 3 is 2.07 bits per heavy atom. The SMILES string of the molecule is O=C(C=Cc1ccc(O)c(O)c1)c1ccc(O[C@@]2([C@H]3O[C@@H](CO)[C@@H](O)[C@@H](O)[C@@H]3O)O[C@@H](CO)[C@H](O)[C@H](O)[C@@H]2O)cc1O. The number of aromatic hydroxyl groups is 3. The maximum Gasteiger partial charge on any atom is 0.268 e. The molecule has 15 heteroatoms. The lowest BCUT2D eigenvalue weighted by Gasteiger charge is -2.54. The fraction of sp³-hybridized carbons (Fsp3) is 0.444. The third-order valence-corrected chi connectivity index (χ3v) is 7.21. The van der Waals surface area contributed by atoms with E-state index < -0.39 is 91.2 Å². The molecule has 15 nitrogen and oxygen atoms in total. The highest BCUT2D eigenvalue weighted by Gasteiger charge is 2.65. The second-order valence-electron chi connectivity index (χ2n) is 9.96. The number of phenolic OH excluding ortho intramolecular Hbond substituents is 3. The summed E-state index contributed by atoms with van der Waals surface area (Å²) in [4.78, 5) is 12.7. The van der Waals surface area contributed by atoms with E-state index in [1.54, 1.807) is 0 Å². The normalized spacial score (nSPS) is 35.3. The van der Waals surface area contributed by atoms with E-state index in [0.717, 1.165) is 24.3 Å². The lowest BCUT2D eigenvalue weighted by atomic mass is 9.83. The first-order chi connectivity index (χ1) is 19.8. The number of hydrogen-bond acceptors (Lipinski definition) is 15. The second-order valence-corrected chi connectivity index (χ2v) is 9.96. The molecule has 0 aromatic heterocycles. The predicted octanol–water partition coefficient (Wildman–Crippen LogP) is -2.91. The molecule has 11 N–H and O–H groups in total. The molecule has 0 unspecified atom stereocenters. The van der Waals surface area contributed by atoms with Gasteiger partial charge in [-0.15, -0.1) is 0 Å². The number of carbonyl (C=O) groups excluding carboxylic acids is 1. The van der Waals surface area contributed by atoms with Crippen molar-refractivity contribution in [3.05, 3.63) is 53.6 Å². The average Bonchev–Trinajstić information content (AvgIpc) is 2.97. The van der Waals surface area contributed by atoms with Crippen molar-refractivity contribution in [3.63, 3.8) is 0 Å². The molecule has 4 rings (SSSR count). The molecule has 0 spiro atoms. The van der Waals surface area contributed by atoms with Gasteiger partial charge in [0.2, 0.25) is 0 Å². The monoisotopic (exact) mass is 596 g/mol. The molecular formula is C27H32O15. The van der Waals surface area contributed by atoms with Gasteiger partial charge in [0, 0.05) is 6.07 Å². The number of ketones is 1. The Labute approximate surface area is 238 Å². The van der Waals surface area contributed by atoms with Crippen molar-refractivity contribution in [2.75, 3.05) is 13.2 Å². The third-order valence-electron chi connectivity index (χ3n) is 7.21. The number of aliphatic hydroxyl groups excluding tert-OH is 8. The van der Waals surface area contributed by atoms with Crippen LogP contribution >= 0.6 is 0 Å². The topological polar surface area (TPSA) is 267 Å². The number of phenols is 3. The molecular weight excluding hydrogens is 564 g/mol. The van der Waals surface area contributed by atoms with Crippen LogP contribution in [-0.2, 0) is 9.47 Å². The van der Waals surface area contributed by atoms with E-state index in [4.69, 9.17) is 14.2 Å². The number of benzene rings is 2. The number of aliphatic hydroxyl groups is 8. The van der Waals surface area contributed by atoms with Crippen LogP contribution in [0.2, 0.25) is 0 Å². The van der Waals surface area contributed by atoms with Crippen LogP contribution in [0.3, 0.4) is 0 Å². The third kappa shape index (κ3) is 5.80. The van der Waals surface area contributed by atoms with Crippen molar-refractivity contribution < 1.29 is 75.2 Å². The highest BCUT2D eigenvalue weighted by molar-refractivity contribution is 6.08. The maximum absolute atomic E-state index is 12.7. The van der Waals surface area contributed by atoms with Crippen LogP contribution in [0.4, 0.5) is 0 Å². The van der Waals surface area contributed by atoms with Crippen LogP contribution < -0.4 is 4.74 Å². The smallest absolute Gasteiger partial charge is 0.268 e. The molecule has 230 valence electrons. The summed E-state index contributed by atoms with van der Waals surface area (Å²) in [5.74, 6) is -5.15. The van der Waals surface area contributed by atoms with Gasteiger partial charge >= 0.3 is 0 Å². The van der Waals surface area contributed by atoms with Crippen LogP contribution in [0.15, 0.2) is 42.5 Å². The summed E-state index contributed by atoms with van der Waals surface area (Å²) in [5.41, 5.74) is 0.138. The van der Waals surface area contributed by atoms with Gasteiger partial charge in [0.25, 0.3) is 5.79 Å². The van der Waals surface area contributed by atoms with Gasteiger partial charge in [0.1, 0.15) is 54.2 Å². The van der Waals surface area contributed by atoms with Gasteiger partial charge in [-0.3, -0.25) is 4.79 Å².